The first-order valence-corrected chi connectivity index (χ1v) is 6.59. The van der Waals surface area contributed by atoms with Crippen molar-refractivity contribution in [2.24, 2.45) is 11.3 Å². The van der Waals surface area contributed by atoms with Crippen LogP contribution in [0, 0.1) is 11.3 Å². The summed E-state index contributed by atoms with van der Waals surface area (Å²) in [5.74, 6) is 0.788. The number of hydrogen-bond acceptors (Lipinski definition) is 1. The summed E-state index contributed by atoms with van der Waals surface area (Å²) in [6.45, 7) is 11.7. The van der Waals surface area contributed by atoms with E-state index in [2.05, 4.69) is 47.0 Å². The smallest absolute Gasteiger partial charge is 0.00668 e. The van der Waals surface area contributed by atoms with Gasteiger partial charge in [-0.3, -0.25) is 0 Å². The molecule has 2 unspecified atom stereocenters. The van der Waals surface area contributed by atoms with Crippen LogP contribution in [0.15, 0.2) is 0 Å². The van der Waals surface area contributed by atoms with Crippen LogP contribution < -0.4 is 5.32 Å². The SMILES string of the molecule is CCCCCC(CC(C)C(C)(C)C)NC. The van der Waals surface area contributed by atoms with Gasteiger partial charge >= 0.3 is 0 Å². The molecule has 0 heterocycles. The Hall–Kier alpha value is -0.0400. The molecule has 0 rings (SSSR count). The van der Waals surface area contributed by atoms with Crippen molar-refractivity contribution in [3.05, 3.63) is 0 Å². The van der Waals surface area contributed by atoms with E-state index in [9.17, 15) is 0 Å². The lowest BCUT2D eigenvalue weighted by molar-refractivity contribution is 0.220. The van der Waals surface area contributed by atoms with Crippen molar-refractivity contribution in [2.45, 2.75) is 72.8 Å². The van der Waals surface area contributed by atoms with Crippen LogP contribution in [0.25, 0.3) is 0 Å². The molecule has 0 saturated carbocycles. The fourth-order valence-corrected chi connectivity index (χ4v) is 1.80. The third-order valence-electron chi connectivity index (χ3n) is 3.68. The van der Waals surface area contributed by atoms with Gasteiger partial charge in [0.05, 0.1) is 0 Å². The van der Waals surface area contributed by atoms with E-state index in [0.29, 0.717) is 11.5 Å². The fourth-order valence-electron chi connectivity index (χ4n) is 1.80. The summed E-state index contributed by atoms with van der Waals surface area (Å²) in [7, 11) is 2.10. The largest absolute Gasteiger partial charge is 0.317 e. The van der Waals surface area contributed by atoms with Crippen LogP contribution in [-0.2, 0) is 0 Å². The first kappa shape index (κ1) is 15.0. The lowest BCUT2D eigenvalue weighted by Gasteiger charge is -2.30. The maximum absolute atomic E-state index is 3.46. The zero-order valence-electron chi connectivity index (χ0n) is 11.7. The average molecular weight is 213 g/mol. The summed E-state index contributed by atoms with van der Waals surface area (Å²) in [5.41, 5.74) is 0.444. The molecular formula is C14H31N. The second-order valence-electron chi connectivity index (χ2n) is 5.98. The Balaban J connectivity index is 3.88. The molecule has 0 radical (unpaired) electrons. The molecule has 0 aromatic carbocycles. The topological polar surface area (TPSA) is 12.0 Å². The second-order valence-corrected chi connectivity index (χ2v) is 5.98. The van der Waals surface area contributed by atoms with Crippen molar-refractivity contribution in [3.63, 3.8) is 0 Å². The van der Waals surface area contributed by atoms with Crippen molar-refractivity contribution < 1.29 is 0 Å². The zero-order valence-corrected chi connectivity index (χ0v) is 11.7. The lowest BCUT2D eigenvalue weighted by Crippen LogP contribution is -2.31. The Morgan fingerprint density at radius 1 is 1.13 bits per heavy atom. The standard InChI is InChI=1S/C14H31N/c1-7-8-9-10-13(15-6)11-12(2)14(3,4)5/h12-13,15H,7-11H2,1-6H3. The molecule has 0 aliphatic heterocycles. The van der Waals surface area contributed by atoms with Crippen LogP contribution in [0.4, 0.5) is 0 Å². The Bertz CT molecular complexity index is 146. The van der Waals surface area contributed by atoms with Gasteiger partial charge < -0.3 is 5.32 Å². The summed E-state index contributed by atoms with van der Waals surface area (Å²) in [4.78, 5) is 0. The van der Waals surface area contributed by atoms with Crippen LogP contribution >= 0.6 is 0 Å². The highest BCUT2D eigenvalue weighted by Gasteiger charge is 2.22. The van der Waals surface area contributed by atoms with E-state index in [1.807, 2.05) is 0 Å². The highest BCUT2D eigenvalue weighted by molar-refractivity contribution is 4.76. The molecule has 0 spiro atoms. The monoisotopic (exact) mass is 213 g/mol. The first-order valence-electron chi connectivity index (χ1n) is 6.59. The van der Waals surface area contributed by atoms with Crippen LogP contribution in [-0.4, -0.2) is 13.1 Å². The minimum absolute atomic E-state index is 0.444. The van der Waals surface area contributed by atoms with Gasteiger partial charge in [-0.05, 0) is 31.2 Å². The molecule has 1 heteroatoms. The van der Waals surface area contributed by atoms with E-state index >= 15 is 0 Å². The molecule has 1 N–H and O–H groups in total. The molecule has 0 saturated heterocycles. The first-order chi connectivity index (χ1) is 6.91. The highest BCUT2D eigenvalue weighted by atomic mass is 14.9. The molecule has 15 heavy (non-hydrogen) atoms. The number of rotatable bonds is 7. The molecule has 0 aliphatic rings. The Labute approximate surface area is 97.0 Å². The van der Waals surface area contributed by atoms with Gasteiger partial charge in [0.1, 0.15) is 0 Å². The molecule has 92 valence electrons. The van der Waals surface area contributed by atoms with E-state index in [-0.39, 0.29) is 0 Å². The Morgan fingerprint density at radius 2 is 1.73 bits per heavy atom. The third kappa shape index (κ3) is 6.94. The van der Waals surface area contributed by atoms with Crippen LogP contribution in [0.1, 0.15) is 66.7 Å². The summed E-state index contributed by atoms with van der Waals surface area (Å²) in [5, 5.41) is 3.46. The van der Waals surface area contributed by atoms with Crippen molar-refractivity contribution in [3.8, 4) is 0 Å². The predicted molar refractivity (Wildman–Crippen MR) is 70.2 cm³/mol. The van der Waals surface area contributed by atoms with Gasteiger partial charge in [-0.25, -0.2) is 0 Å². The molecule has 0 amide bonds. The van der Waals surface area contributed by atoms with E-state index < -0.39 is 0 Å². The van der Waals surface area contributed by atoms with Crippen molar-refractivity contribution in [1.82, 2.24) is 5.32 Å². The van der Waals surface area contributed by atoms with Gasteiger partial charge in [0.15, 0.2) is 0 Å². The molecule has 0 bridgehead atoms. The molecule has 0 fully saturated rings. The Kier molecular flexibility index (Phi) is 7.25. The van der Waals surface area contributed by atoms with Crippen molar-refractivity contribution >= 4 is 0 Å². The predicted octanol–water partition coefficient (Wildman–Crippen LogP) is 4.23. The third-order valence-corrected chi connectivity index (χ3v) is 3.68. The number of unbranched alkanes of at least 4 members (excludes halogenated alkanes) is 2. The Morgan fingerprint density at radius 3 is 2.13 bits per heavy atom. The maximum atomic E-state index is 3.46. The van der Waals surface area contributed by atoms with Crippen molar-refractivity contribution in [1.29, 1.82) is 0 Å². The van der Waals surface area contributed by atoms with E-state index in [4.69, 9.17) is 0 Å². The van der Waals surface area contributed by atoms with E-state index in [0.717, 1.165) is 5.92 Å². The lowest BCUT2D eigenvalue weighted by atomic mass is 9.78. The fraction of sp³-hybridized carbons (Fsp3) is 1.00. The van der Waals surface area contributed by atoms with E-state index in [1.54, 1.807) is 0 Å². The number of hydrogen-bond donors (Lipinski definition) is 1. The van der Waals surface area contributed by atoms with Crippen LogP contribution in [0.2, 0.25) is 0 Å². The molecule has 0 aromatic rings. The summed E-state index contributed by atoms with van der Waals surface area (Å²) in [6.07, 6.45) is 6.72. The normalized spacial score (nSPS) is 16.4. The maximum Gasteiger partial charge on any atom is 0.00668 e. The summed E-state index contributed by atoms with van der Waals surface area (Å²) < 4.78 is 0. The van der Waals surface area contributed by atoms with Gasteiger partial charge in [0, 0.05) is 6.04 Å². The van der Waals surface area contributed by atoms with Crippen molar-refractivity contribution in [2.75, 3.05) is 7.05 Å². The number of nitrogens with one attached hydrogen (secondary N) is 1. The van der Waals surface area contributed by atoms with E-state index in [1.165, 1.54) is 32.1 Å². The minimum atomic E-state index is 0.444. The van der Waals surface area contributed by atoms with Gasteiger partial charge in [-0.2, -0.15) is 0 Å². The molecular weight excluding hydrogens is 182 g/mol. The second kappa shape index (κ2) is 7.27. The van der Waals surface area contributed by atoms with Gasteiger partial charge in [0.25, 0.3) is 0 Å². The molecule has 0 aromatic heterocycles. The van der Waals surface area contributed by atoms with Gasteiger partial charge in [0.2, 0.25) is 0 Å². The summed E-state index contributed by atoms with van der Waals surface area (Å²) in [6, 6.07) is 0.714. The summed E-state index contributed by atoms with van der Waals surface area (Å²) >= 11 is 0. The van der Waals surface area contributed by atoms with Crippen LogP contribution in [0.3, 0.4) is 0 Å². The quantitative estimate of drug-likeness (QED) is 0.624. The van der Waals surface area contributed by atoms with Gasteiger partial charge in [-0.1, -0.05) is 53.9 Å². The molecule has 0 aliphatic carbocycles. The zero-order chi connectivity index (χ0) is 11.9. The molecule has 1 nitrogen and oxygen atoms in total. The minimum Gasteiger partial charge on any atom is -0.317 e. The average Bonchev–Trinajstić information content (AvgIpc) is 2.14. The highest BCUT2D eigenvalue weighted by Crippen LogP contribution is 2.29. The molecule has 2 atom stereocenters. The van der Waals surface area contributed by atoms with Crippen LogP contribution in [0.5, 0.6) is 0 Å². The van der Waals surface area contributed by atoms with Gasteiger partial charge in [-0.15, -0.1) is 0 Å².